The molecule has 36 heavy (non-hydrogen) atoms. The molecule has 3 atom stereocenters. The summed E-state index contributed by atoms with van der Waals surface area (Å²) in [6.07, 6.45) is 5.12. The topological polar surface area (TPSA) is 96.5 Å². The maximum Gasteiger partial charge on any atom is 0.246 e. The van der Waals surface area contributed by atoms with Gasteiger partial charge in [0.1, 0.15) is 16.7 Å². The minimum Gasteiger partial charge on any atom is -0.381 e. The molecule has 5 rings (SSSR count). The molecule has 2 amide bonds. The minimum absolute atomic E-state index is 0.0129. The Morgan fingerprint density at radius 2 is 1.97 bits per heavy atom. The highest BCUT2D eigenvalue weighted by atomic mass is 32.1. The Bertz CT molecular complexity index is 1220. The fourth-order valence-corrected chi connectivity index (χ4v) is 6.13. The number of nitrogens with zero attached hydrogens (tertiary/aromatic N) is 3. The highest BCUT2D eigenvalue weighted by molar-refractivity contribution is 7.10. The molecule has 8 nitrogen and oxygen atoms in total. The number of thiazole rings is 1. The molecule has 0 radical (unpaired) electrons. The summed E-state index contributed by atoms with van der Waals surface area (Å²) in [7, 11) is 1.75. The molecule has 0 saturated carbocycles. The average molecular weight is 508 g/mol. The number of amides is 2. The molecule has 2 aliphatic heterocycles. The first-order valence-corrected chi connectivity index (χ1v) is 13.6. The third-order valence-corrected chi connectivity index (χ3v) is 8.33. The third-order valence-electron chi connectivity index (χ3n) is 7.39. The molecule has 2 N–H and O–H groups in total. The molecule has 1 unspecified atom stereocenters. The zero-order chi connectivity index (χ0) is 25.1. The Morgan fingerprint density at radius 3 is 2.78 bits per heavy atom. The van der Waals surface area contributed by atoms with Crippen LogP contribution in [0.1, 0.15) is 43.7 Å². The quantitative estimate of drug-likeness (QED) is 0.508. The van der Waals surface area contributed by atoms with Crippen molar-refractivity contribution in [1.29, 1.82) is 0 Å². The van der Waals surface area contributed by atoms with E-state index in [-0.39, 0.29) is 29.8 Å². The number of rotatable bonds is 7. The van der Waals surface area contributed by atoms with Crippen LogP contribution in [0.2, 0.25) is 0 Å². The molecule has 1 aromatic carbocycles. The Hall–Kier alpha value is -2.88. The van der Waals surface area contributed by atoms with E-state index in [4.69, 9.17) is 9.72 Å². The van der Waals surface area contributed by atoms with Crippen LogP contribution in [0.3, 0.4) is 0 Å². The molecule has 0 aliphatic carbocycles. The lowest BCUT2D eigenvalue weighted by atomic mass is 9.90. The zero-order valence-corrected chi connectivity index (χ0v) is 21.6. The first-order chi connectivity index (χ1) is 17.6. The van der Waals surface area contributed by atoms with E-state index < -0.39 is 6.04 Å². The van der Waals surface area contributed by atoms with Crippen molar-refractivity contribution in [3.63, 3.8) is 0 Å². The Labute approximate surface area is 215 Å². The largest absolute Gasteiger partial charge is 0.381 e. The predicted molar refractivity (Wildman–Crippen MR) is 141 cm³/mol. The number of aromatic nitrogens is 2. The van der Waals surface area contributed by atoms with Crippen LogP contribution < -0.4 is 10.6 Å². The van der Waals surface area contributed by atoms with Gasteiger partial charge in [-0.2, -0.15) is 0 Å². The van der Waals surface area contributed by atoms with Gasteiger partial charge in [0.15, 0.2) is 0 Å². The van der Waals surface area contributed by atoms with E-state index in [0.717, 1.165) is 52.9 Å². The van der Waals surface area contributed by atoms with Crippen molar-refractivity contribution in [3.8, 4) is 11.4 Å². The van der Waals surface area contributed by atoms with Gasteiger partial charge in [0, 0.05) is 36.7 Å². The predicted octanol–water partition coefficient (Wildman–Crippen LogP) is 3.54. The molecule has 0 spiro atoms. The molecule has 2 aromatic heterocycles. The summed E-state index contributed by atoms with van der Waals surface area (Å²) in [6.45, 7) is 3.70. The van der Waals surface area contributed by atoms with Crippen LogP contribution in [0.4, 0.5) is 0 Å². The molecule has 4 heterocycles. The van der Waals surface area contributed by atoms with Crippen molar-refractivity contribution >= 4 is 33.9 Å². The summed E-state index contributed by atoms with van der Waals surface area (Å²) >= 11 is 1.58. The number of carbonyl (C=O) groups is 2. The molecule has 3 aromatic rings. The van der Waals surface area contributed by atoms with Gasteiger partial charge in [0.25, 0.3) is 0 Å². The number of carbonyl (C=O) groups excluding carboxylic acids is 2. The number of hydrogen-bond donors (Lipinski definition) is 2. The second-order valence-electron chi connectivity index (χ2n) is 9.59. The van der Waals surface area contributed by atoms with Gasteiger partial charge in [-0.05, 0) is 57.0 Å². The van der Waals surface area contributed by atoms with Gasteiger partial charge >= 0.3 is 0 Å². The SMILES string of the molecule is CN[C@@H](C)C(=O)NC(C(=O)N1CCC[C@H]1c1nc(-c2nccc3ccccc23)cs1)C1CCOCC1. The van der Waals surface area contributed by atoms with E-state index in [0.29, 0.717) is 19.8 Å². The van der Waals surface area contributed by atoms with Gasteiger partial charge in [-0.25, -0.2) is 4.98 Å². The summed E-state index contributed by atoms with van der Waals surface area (Å²) in [5, 5.41) is 11.2. The molecule has 2 saturated heterocycles. The number of likely N-dealkylation sites (tertiary alicyclic amines) is 1. The normalized spacial score (nSPS) is 20.4. The van der Waals surface area contributed by atoms with Crippen molar-refractivity contribution in [3.05, 3.63) is 46.9 Å². The van der Waals surface area contributed by atoms with Crippen LogP contribution in [-0.2, 0) is 14.3 Å². The molecular weight excluding hydrogens is 474 g/mol. The number of ether oxygens (including phenoxy) is 1. The van der Waals surface area contributed by atoms with Crippen LogP contribution in [0.25, 0.3) is 22.2 Å². The number of fused-ring (bicyclic) bond motifs is 1. The standard InChI is InChI=1S/C27H33N5O3S/c1-17(28-2)25(33)31-23(19-10-14-35-15-11-19)27(34)32-13-5-8-22(32)26-30-21(16-36-26)24-20-7-4-3-6-18(20)9-12-29-24/h3-4,6-7,9,12,16-17,19,22-23,28H,5,8,10-11,13-15H2,1-2H3,(H,31,33)/t17-,22-,23?/m0/s1. The smallest absolute Gasteiger partial charge is 0.246 e. The maximum atomic E-state index is 13.9. The average Bonchev–Trinajstić information content (AvgIpc) is 3.61. The number of nitrogens with one attached hydrogen (secondary N) is 2. The highest BCUT2D eigenvalue weighted by Gasteiger charge is 2.40. The molecule has 9 heteroatoms. The lowest BCUT2D eigenvalue weighted by Crippen LogP contribution is -2.56. The van der Waals surface area contributed by atoms with Gasteiger partial charge in [-0.15, -0.1) is 11.3 Å². The summed E-state index contributed by atoms with van der Waals surface area (Å²) in [5.41, 5.74) is 1.70. The van der Waals surface area contributed by atoms with Gasteiger partial charge in [-0.3, -0.25) is 14.6 Å². The van der Waals surface area contributed by atoms with E-state index >= 15 is 0 Å². The first kappa shape index (κ1) is 24.8. The van der Waals surface area contributed by atoms with Gasteiger partial charge < -0.3 is 20.3 Å². The molecule has 0 bridgehead atoms. The van der Waals surface area contributed by atoms with Gasteiger partial charge in [0.2, 0.25) is 11.8 Å². The molecule has 2 aliphatic rings. The van der Waals surface area contributed by atoms with Crippen LogP contribution in [0.15, 0.2) is 41.9 Å². The van der Waals surface area contributed by atoms with Crippen LogP contribution in [-0.4, -0.2) is 65.6 Å². The Morgan fingerprint density at radius 1 is 1.17 bits per heavy atom. The lowest BCUT2D eigenvalue weighted by Gasteiger charge is -2.35. The molecule has 190 valence electrons. The summed E-state index contributed by atoms with van der Waals surface area (Å²) in [4.78, 5) is 38.2. The van der Waals surface area contributed by atoms with Crippen LogP contribution in [0, 0.1) is 5.92 Å². The van der Waals surface area contributed by atoms with Crippen molar-refractivity contribution in [2.45, 2.75) is 50.7 Å². The van der Waals surface area contributed by atoms with Gasteiger partial charge in [0.05, 0.1) is 17.8 Å². The number of hydrogen-bond acceptors (Lipinski definition) is 7. The Kier molecular flexibility index (Phi) is 7.59. The zero-order valence-electron chi connectivity index (χ0n) is 20.8. The number of benzene rings is 1. The van der Waals surface area contributed by atoms with E-state index in [2.05, 4.69) is 27.8 Å². The maximum absolute atomic E-state index is 13.9. The second kappa shape index (κ2) is 11.0. The van der Waals surface area contributed by atoms with Crippen molar-refractivity contribution in [2.24, 2.45) is 5.92 Å². The van der Waals surface area contributed by atoms with Gasteiger partial charge in [-0.1, -0.05) is 24.3 Å². The van der Waals surface area contributed by atoms with E-state index in [1.54, 1.807) is 25.3 Å². The van der Waals surface area contributed by atoms with Crippen molar-refractivity contribution in [1.82, 2.24) is 25.5 Å². The third kappa shape index (κ3) is 5.00. The monoisotopic (exact) mass is 507 g/mol. The van der Waals surface area contributed by atoms with Crippen LogP contribution >= 0.6 is 11.3 Å². The lowest BCUT2D eigenvalue weighted by molar-refractivity contribution is -0.140. The summed E-state index contributed by atoms with van der Waals surface area (Å²) in [6, 6.07) is 9.15. The van der Waals surface area contributed by atoms with E-state index in [9.17, 15) is 9.59 Å². The molecule has 2 fully saturated rings. The minimum atomic E-state index is -0.558. The molecular formula is C27H33N5O3S. The van der Waals surface area contributed by atoms with E-state index in [1.807, 2.05) is 34.7 Å². The summed E-state index contributed by atoms with van der Waals surface area (Å²) in [5.74, 6) is -0.106. The van der Waals surface area contributed by atoms with E-state index in [1.165, 1.54) is 0 Å². The van der Waals surface area contributed by atoms with Crippen molar-refractivity contribution in [2.75, 3.05) is 26.8 Å². The number of likely N-dealkylation sites (N-methyl/N-ethyl adjacent to an activating group) is 1. The van der Waals surface area contributed by atoms with Crippen molar-refractivity contribution < 1.29 is 14.3 Å². The fourth-order valence-electron chi connectivity index (χ4n) is 5.18. The van der Waals surface area contributed by atoms with Crippen LogP contribution in [0.5, 0.6) is 0 Å². The summed E-state index contributed by atoms with van der Waals surface area (Å²) < 4.78 is 5.53. The number of pyridine rings is 1. The fraction of sp³-hybridized carbons (Fsp3) is 0.481. The Balaban J connectivity index is 1.40. The second-order valence-corrected chi connectivity index (χ2v) is 10.5. The highest BCUT2D eigenvalue weighted by Crippen LogP contribution is 2.37. The first-order valence-electron chi connectivity index (χ1n) is 12.7.